The number of anilines is 2. The second-order valence-electron chi connectivity index (χ2n) is 5.52. The number of aromatic nitrogens is 3. The zero-order chi connectivity index (χ0) is 14.5. The average Bonchev–Trinajstić information content (AvgIpc) is 2.81. The lowest BCUT2D eigenvalue weighted by Gasteiger charge is -2.22. The van der Waals surface area contributed by atoms with E-state index in [1.165, 1.54) is 12.8 Å². The van der Waals surface area contributed by atoms with Gasteiger partial charge in [0.2, 0.25) is 11.9 Å². The minimum absolute atomic E-state index is 0.0558. The van der Waals surface area contributed by atoms with E-state index < -0.39 is 0 Å². The summed E-state index contributed by atoms with van der Waals surface area (Å²) in [6.45, 7) is 10.1. The van der Waals surface area contributed by atoms with Gasteiger partial charge in [-0.15, -0.1) is 0 Å². The van der Waals surface area contributed by atoms with Gasteiger partial charge in [-0.05, 0) is 40.0 Å². The molecule has 112 valence electrons. The van der Waals surface area contributed by atoms with E-state index in [4.69, 9.17) is 4.74 Å². The van der Waals surface area contributed by atoms with Crippen LogP contribution in [-0.2, 0) is 0 Å². The molecule has 0 amide bonds. The molecule has 0 aliphatic carbocycles. The van der Waals surface area contributed by atoms with E-state index in [2.05, 4.69) is 39.0 Å². The van der Waals surface area contributed by atoms with Gasteiger partial charge in [-0.2, -0.15) is 15.0 Å². The molecule has 1 N–H and O–H groups in total. The monoisotopic (exact) mass is 279 g/mol. The third-order valence-corrected chi connectivity index (χ3v) is 3.29. The summed E-state index contributed by atoms with van der Waals surface area (Å²) in [5, 5.41) is 3.22. The lowest BCUT2D eigenvalue weighted by molar-refractivity contribution is 0.222. The standard InChI is InChI=1S/C14H25N5O/c1-5-8-15-12-16-13(19-9-6-7-11(19)4)18-14(17-12)20-10(2)3/h10-11H,5-9H2,1-4H3,(H,15,16,17,18). The van der Waals surface area contributed by atoms with E-state index in [0.717, 1.165) is 25.5 Å². The molecule has 6 nitrogen and oxygen atoms in total. The maximum atomic E-state index is 5.64. The molecule has 20 heavy (non-hydrogen) atoms. The third-order valence-electron chi connectivity index (χ3n) is 3.29. The molecule has 1 fully saturated rings. The van der Waals surface area contributed by atoms with Gasteiger partial charge < -0.3 is 15.0 Å². The Hall–Kier alpha value is -1.59. The first-order chi connectivity index (χ1) is 9.60. The van der Waals surface area contributed by atoms with Crippen molar-refractivity contribution in [1.29, 1.82) is 0 Å². The molecule has 1 aromatic rings. The molecule has 0 bridgehead atoms. The van der Waals surface area contributed by atoms with Crippen molar-refractivity contribution < 1.29 is 4.74 Å². The van der Waals surface area contributed by atoms with Crippen LogP contribution in [0.2, 0.25) is 0 Å². The van der Waals surface area contributed by atoms with Crippen LogP contribution in [0.3, 0.4) is 0 Å². The van der Waals surface area contributed by atoms with Crippen molar-refractivity contribution >= 4 is 11.9 Å². The molecule has 0 spiro atoms. The highest BCUT2D eigenvalue weighted by Gasteiger charge is 2.24. The smallest absolute Gasteiger partial charge is 0.323 e. The number of rotatable bonds is 6. The predicted octanol–water partition coefficient (Wildman–Crippen LogP) is 2.47. The Morgan fingerprint density at radius 3 is 2.75 bits per heavy atom. The van der Waals surface area contributed by atoms with Crippen molar-refractivity contribution in [3.8, 4) is 6.01 Å². The second-order valence-corrected chi connectivity index (χ2v) is 5.52. The van der Waals surface area contributed by atoms with Crippen molar-refractivity contribution in [2.75, 3.05) is 23.3 Å². The van der Waals surface area contributed by atoms with Gasteiger partial charge in [-0.25, -0.2) is 0 Å². The van der Waals surface area contributed by atoms with E-state index in [9.17, 15) is 0 Å². The fourth-order valence-corrected chi connectivity index (χ4v) is 2.28. The predicted molar refractivity (Wildman–Crippen MR) is 80.4 cm³/mol. The lowest BCUT2D eigenvalue weighted by Crippen LogP contribution is -2.29. The molecule has 1 aliphatic heterocycles. The Morgan fingerprint density at radius 1 is 1.35 bits per heavy atom. The van der Waals surface area contributed by atoms with E-state index in [0.29, 0.717) is 18.0 Å². The Morgan fingerprint density at radius 2 is 2.15 bits per heavy atom. The van der Waals surface area contributed by atoms with E-state index in [-0.39, 0.29) is 6.10 Å². The first-order valence-corrected chi connectivity index (χ1v) is 7.53. The highest BCUT2D eigenvalue weighted by Crippen LogP contribution is 2.24. The summed E-state index contributed by atoms with van der Waals surface area (Å²) in [7, 11) is 0. The number of ether oxygens (including phenoxy) is 1. The lowest BCUT2D eigenvalue weighted by atomic mass is 10.2. The van der Waals surface area contributed by atoms with Crippen LogP contribution < -0.4 is 15.0 Å². The van der Waals surface area contributed by atoms with Crippen LogP contribution in [0.15, 0.2) is 0 Å². The molecule has 6 heteroatoms. The maximum Gasteiger partial charge on any atom is 0.323 e. The SMILES string of the molecule is CCCNc1nc(OC(C)C)nc(N2CCCC2C)n1. The van der Waals surface area contributed by atoms with Crippen LogP contribution in [0, 0.1) is 0 Å². The van der Waals surface area contributed by atoms with Gasteiger partial charge in [-0.1, -0.05) is 6.92 Å². The van der Waals surface area contributed by atoms with Crippen LogP contribution >= 0.6 is 0 Å². The van der Waals surface area contributed by atoms with Crippen LogP contribution in [0.1, 0.15) is 47.0 Å². The highest BCUT2D eigenvalue weighted by molar-refractivity contribution is 5.40. The second kappa shape index (κ2) is 6.72. The largest absolute Gasteiger partial charge is 0.461 e. The van der Waals surface area contributed by atoms with Crippen LogP contribution in [-0.4, -0.2) is 40.2 Å². The number of nitrogens with zero attached hydrogens (tertiary/aromatic N) is 4. The molecule has 2 heterocycles. The summed E-state index contributed by atoms with van der Waals surface area (Å²) >= 11 is 0. The fourth-order valence-electron chi connectivity index (χ4n) is 2.28. The minimum atomic E-state index is 0.0558. The van der Waals surface area contributed by atoms with Gasteiger partial charge in [0.25, 0.3) is 0 Å². The summed E-state index contributed by atoms with van der Waals surface area (Å²) in [4.78, 5) is 15.5. The minimum Gasteiger partial charge on any atom is -0.461 e. The summed E-state index contributed by atoms with van der Waals surface area (Å²) in [6.07, 6.45) is 3.45. The van der Waals surface area contributed by atoms with Gasteiger partial charge in [0, 0.05) is 19.1 Å². The van der Waals surface area contributed by atoms with Gasteiger partial charge in [-0.3, -0.25) is 0 Å². The summed E-state index contributed by atoms with van der Waals surface area (Å²) in [5.41, 5.74) is 0. The average molecular weight is 279 g/mol. The van der Waals surface area contributed by atoms with Crippen molar-refractivity contribution in [3.05, 3.63) is 0 Å². The number of hydrogen-bond donors (Lipinski definition) is 1. The molecule has 0 radical (unpaired) electrons. The Kier molecular flexibility index (Phi) is 4.98. The topological polar surface area (TPSA) is 63.2 Å². The zero-order valence-electron chi connectivity index (χ0n) is 12.9. The number of hydrogen-bond acceptors (Lipinski definition) is 6. The molecule has 0 aromatic carbocycles. The first-order valence-electron chi connectivity index (χ1n) is 7.53. The molecule has 1 atom stereocenters. The van der Waals surface area contributed by atoms with Gasteiger partial charge >= 0.3 is 6.01 Å². The highest BCUT2D eigenvalue weighted by atomic mass is 16.5. The van der Waals surface area contributed by atoms with E-state index in [1.54, 1.807) is 0 Å². The zero-order valence-corrected chi connectivity index (χ0v) is 12.9. The first kappa shape index (κ1) is 14.8. The maximum absolute atomic E-state index is 5.64. The third kappa shape index (κ3) is 3.71. The van der Waals surface area contributed by atoms with E-state index >= 15 is 0 Å². The summed E-state index contributed by atoms with van der Waals surface area (Å²) in [5.74, 6) is 1.32. The quantitative estimate of drug-likeness (QED) is 0.863. The molecule has 2 rings (SSSR count). The van der Waals surface area contributed by atoms with Gasteiger partial charge in [0.05, 0.1) is 6.10 Å². The van der Waals surface area contributed by atoms with Crippen molar-refractivity contribution in [2.24, 2.45) is 0 Å². The molecule has 1 aliphatic rings. The van der Waals surface area contributed by atoms with Crippen molar-refractivity contribution in [2.45, 2.75) is 59.1 Å². The van der Waals surface area contributed by atoms with Gasteiger partial charge in [0.1, 0.15) is 0 Å². The Balaban J connectivity index is 2.24. The molecule has 1 aromatic heterocycles. The molecule has 0 saturated carbocycles. The van der Waals surface area contributed by atoms with Gasteiger partial charge in [0.15, 0.2) is 0 Å². The molecule has 1 unspecified atom stereocenters. The summed E-state index contributed by atoms with van der Waals surface area (Å²) < 4.78 is 5.64. The van der Waals surface area contributed by atoms with Crippen LogP contribution in [0.25, 0.3) is 0 Å². The molecular weight excluding hydrogens is 254 g/mol. The van der Waals surface area contributed by atoms with Crippen molar-refractivity contribution in [3.63, 3.8) is 0 Å². The number of nitrogens with one attached hydrogen (secondary N) is 1. The summed E-state index contributed by atoms with van der Waals surface area (Å²) in [6, 6.07) is 0.881. The van der Waals surface area contributed by atoms with Crippen LogP contribution in [0.5, 0.6) is 6.01 Å². The van der Waals surface area contributed by atoms with E-state index in [1.807, 2.05) is 13.8 Å². The molecule has 1 saturated heterocycles. The Labute approximate surface area is 121 Å². The Bertz CT molecular complexity index is 438. The fraction of sp³-hybridized carbons (Fsp3) is 0.786. The normalized spacial score (nSPS) is 18.6. The molecular formula is C14H25N5O. The van der Waals surface area contributed by atoms with Crippen molar-refractivity contribution in [1.82, 2.24) is 15.0 Å². The van der Waals surface area contributed by atoms with Crippen LogP contribution in [0.4, 0.5) is 11.9 Å².